The molecular formula is C23H24Cl2N2O5S. The number of hydrogen-bond acceptors (Lipinski definition) is 5. The summed E-state index contributed by atoms with van der Waals surface area (Å²) in [7, 11) is -2.67. The zero-order chi connectivity index (χ0) is 23.8. The molecule has 0 bridgehead atoms. The number of hydrogen-bond donors (Lipinski definition) is 0. The Morgan fingerprint density at radius 1 is 1.03 bits per heavy atom. The van der Waals surface area contributed by atoms with E-state index in [4.69, 9.17) is 32.4 Å². The largest absolute Gasteiger partial charge is 0.467 e. The van der Waals surface area contributed by atoms with Gasteiger partial charge >= 0.3 is 0 Å². The first-order chi connectivity index (χ1) is 15.8. The number of carbonyl (C=O) groups is 1. The van der Waals surface area contributed by atoms with Crippen molar-refractivity contribution in [3.63, 3.8) is 0 Å². The van der Waals surface area contributed by atoms with Gasteiger partial charge in [0.05, 0.1) is 31.0 Å². The summed E-state index contributed by atoms with van der Waals surface area (Å²) >= 11 is 12.2. The Morgan fingerprint density at radius 3 is 2.45 bits per heavy atom. The number of amides is 1. The summed E-state index contributed by atoms with van der Waals surface area (Å²) in [5.74, 6) is 0.191. The van der Waals surface area contributed by atoms with Crippen molar-refractivity contribution in [1.29, 1.82) is 0 Å². The van der Waals surface area contributed by atoms with Gasteiger partial charge in [0.15, 0.2) is 0 Å². The average Bonchev–Trinajstić information content (AvgIpc) is 3.31. The van der Waals surface area contributed by atoms with Gasteiger partial charge in [-0.05, 0) is 35.9 Å². The number of nitrogens with zero attached hydrogens (tertiary/aromatic N) is 2. The third-order valence-corrected chi connectivity index (χ3v) is 7.43. The number of sulfonamides is 1. The lowest BCUT2D eigenvalue weighted by Gasteiger charge is -2.27. The van der Waals surface area contributed by atoms with Crippen LogP contribution in [0.25, 0.3) is 0 Å². The minimum Gasteiger partial charge on any atom is -0.467 e. The van der Waals surface area contributed by atoms with Gasteiger partial charge in [0.2, 0.25) is 15.9 Å². The van der Waals surface area contributed by atoms with Crippen LogP contribution >= 0.6 is 23.2 Å². The average molecular weight is 511 g/mol. The molecule has 2 aromatic carbocycles. The highest BCUT2D eigenvalue weighted by Crippen LogP contribution is 2.28. The zero-order valence-electron chi connectivity index (χ0n) is 18.0. The summed E-state index contributed by atoms with van der Waals surface area (Å²) in [6, 6.07) is 17.1. The third-order valence-electron chi connectivity index (χ3n) is 4.86. The summed E-state index contributed by atoms with van der Waals surface area (Å²) in [6.45, 7) is 0.143. The van der Waals surface area contributed by atoms with Crippen molar-refractivity contribution in [2.45, 2.75) is 18.0 Å². The van der Waals surface area contributed by atoms with Gasteiger partial charge in [-0.15, -0.1) is 0 Å². The molecule has 0 N–H and O–H groups in total. The number of halogens is 2. The molecule has 0 radical (unpaired) electrons. The van der Waals surface area contributed by atoms with Gasteiger partial charge in [-0.1, -0.05) is 53.5 Å². The van der Waals surface area contributed by atoms with Crippen LogP contribution in [0.15, 0.2) is 76.2 Å². The molecule has 0 saturated carbocycles. The molecular weight excluding hydrogens is 487 g/mol. The van der Waals surface area contributed by atoms with Crippen molar-refractivity contribution in [1.82, 2.24) is 9.21 Å². The van der Waals surface area contributed by atoms with Crippen LogP contribution in [0.3, 0.4) is 0 Å². The number of ether oxygens (including phenoxy) is 1. The Hall–Kier alpha value is -2.36. The van der Waals surface area contributed by atoms with Gasteiger partial charge in [-0.25, -0.2) is 8.42 Å². The number of benzene rings is 2. The Morgan fingerprint density at radius 2 is 1.79 bits per heavy atom. The topological polar surface area (TPSA) is 80.1 Å². The van der Waals surface area contributed by atoms with Crippen LogP contribution < -0.4 is 0 Å². The van der Waals surface area contributed by atoms with Crippen molar-refractivity contribution in [2.75, 3.05) is 26.8 Å². The summed E-state index contributed by atoms with van der Waals surface area (Å²) in [5, 5.41) is 0.241. The van der Waals surface area contributed by atoms with Crippen LogP contribution in [0.2, 0.25) is 10.0 Å². The minimum atomic E-state index is -4.12. The molecule has 0 spiro atoms. The van der Waals surface area contributed by atoms with Gasteiger partial charge in [0.25, 0.3) is 0 Å². The molecule has 1 amide bonds. The summed E-state index contributed by atoms with van der Waals surface area (Å²) in [4.78, 5) is 14.7. The Labute approximate surface area is 203 Å². The first-order valence-corrected chi connectivity index (χ1v) is 12.3. The highest BCUT2D eigenvalue weighted by atomic mass is 35.5. The summed E-state index contributed by atoms with van der Waals surface area (Å²) in [5.41, 5.74) is 0.904. The smallest absolute Gasteiger partial charge is 0.245 e. The fourth-order valence-corrected chi connectivity index (χ4v) is 5.28. The maximum Gasteiger partial charge on any atom is 0.245 e. The monoisotopic (exact) mass is 510 g/mol. The molecule has 10 heteroatoms. The number of methoxy groups -OCH3 is 1. The number of rotatable bonds is 11. The van der Waals surface area contributed by atoms with Crippen molar-refractivity contribution in [2.24, 2.45) is 0 Å². The van der Waals surface area contributed by atoms with E-state index in [1.54, 1.807) is 17.0 Å². The number of carbonyl (C=O) groups excluding carboxylic acids is 1. The van der Waals surface area contributed by atoms with Crippen molar-refractivity contribution in [3.05, 3.63) is 88.3 Å². The minimum absolute atomic E-state index is 0.0194. The van der Waals surface area contributed by atoms with Gasteiger partial charge in [0, 0.05) is 25.2 Å². The molecule has 0 unspecified atom stereocenters. The molecule has 33 heavy (non-hydrogen) atoms. The second-order valence-electron chi connectivity index (χ2n) is 7.22. The quantitative estimate of drug-likeness (QED) is 0.380. The Bertz CT molecular complexity index is 1150. The fourth-order valence-electron chi connectivity index (χ4n) is 3.17. The molecule has 0 atom stereocenters. The normalized spacial score (nSPS) is 11.6. The van der Waals surface area contributed by atoms with Crippen molar-refractivity contribution in [3.8, 4) is 0 Å². The lowest BCUT2D eigenvalue weighted by Crippen LogP contribution is -2.43. The lowest BCUT2D eigenvalue weighted by molar-refractivity contribution is -0.133. The maximum absolute atomic E-state index is 13.4. The highest BCUT2D eigenvalue weighted by Gasteiger charge is 2.30. The predicted molar refractivity (Wildman–Crippen MR) is 127 cm³/mol. The molecule has 3 rings (SSSR count). The van der Waals surface area contributed by atoms with E-state index in [-0.39, 0.29) is 41.2 Å². The first kappa shape index (κ1) is 25.3. The summed E-state index contributed by atoms with van der Waals surface area (Å²) < 4.78 is 38.3. The molecule has 1 aromatic heterocycles. The second kappa shape index (κ2) is 11.7. The first-order valence-electron chi connectivity index (χ1n) is 10.1. The van der Waals surface area contributed by atoms with Crippen LogP contribution in [0.4, 0.5) is 0 Å². The van der Waals surface area contributed by atoms with Crippen molar-refractivity contribution >= 4 is 39.1 Å². The molecule has 0 saturated heterocycles. The highest BCUT2D eigenvalue weighted by molar-refractivity contribution is 7.89. The molecule has 0 fully saturated rings. The fraction of sp³-hybridized carbons (Fsp3) is 0.261. The van der Waals surface area contributed by atoms with Crippen LogP contribution in [0, 0.1) is 0 Å². The maximum atomic E-state index is 13.4. The van der Waals surface area contributed by atoms with Crippen LogP contribution in [-0.4, -0.2) is 50.3 Å². The van der Waals surface area contributed by atoms with Gasteiger partial charge in [0.1, 0.15) is 10.7 Å². The SMILES string of the molecule is COCCN(CC(=O)N(Cc1ccccc1)Cc1ccco1)S(=O)(=O)c1cc(Cl)ccc1Cl. The molecule has 0 aliphatic rings. The zero-order valence-corrected chi connectivity index (χ0v) is 20.3. The van der Waals surface area contributed by atoms with Gasteiger partial charge in [-0.2, -0.15) is 4.31 Å². The van der Waals surface area contributed by atoms with E-state index in [2.05, 4.69) is 0 Å². The Balaban J connectivity index is 1.88. The molecule has 176 valence electrons. The van der Waals surface area contributed by atoms with Crippen LogP contribution in [0.1, 0.15) is 11.3 Å². The van der Waals surface area contributed by atoms with Crippen molar-refractivity contribution < 1.29 is 22.4 Å². The van der Waals surface area contributed by atoms with Crippen LogP contribution in [0.5, 0.6) is 0 Å². The third kappa shape index (κ3) is 6.82. The number of furan rings is 1. The van der Waals surface area contributed by atoms with E-state index in [9.17, 15) is 13.2 Å². The Kier molecular flexibility index (Phi) is 8.94. The molecule has 0 aliphatic carbocycles. The molecule has 3 aromatic rings. The summed E-state index contributed by atoms with van der Waals surface area (Å²) in [6.07, 6.45) is 1.52. The van der Waals surface area contributed by atoms with E-state index in [1.165, 1.54) is 31.6 Å². The van der Waals surface area contributed by atoms with Gasteiger partial charge in [-0.3, -0.25) is 4.79 Å². The van der Waals surface area contributed by atoms with Gasteiger partial charge < -0.3 is 14.1 Å². The second-order valence-corrected chi connectivity index (χ2v) is 9.97. The van der Waals surface area contributed by atoms with E-state index in [0.717, 1.165) is 9.87 Å². The van der Waals surface area contributed by atoms with E-state index in [1.807, 2.05) is 30.3 Å². The predicted octanol–water partition coefficient (Wildman–Crippen LogP) is 4.45. The van der Waals surface area contributed by atoms with E-state index < -0.39 is 22.5 Å². The van der Waals surface area contributed by atoms with E-state index >= 15 is 0 Å². The standard InChI is InChI=1S/C23H24Cl2N2O5S/c1-31-13-11-27(33(29,30)22-14-19(24)9-10-21(22)25)17-23(28)26(16-20-8-5-12-32-20)15-18-6-3-2-4-7-18/h2-10,12,14H,11,13,15-17H2,1H3. The molecule has 7 nitrogen and oxygen atoms in total. The lowest BCUT2D eigenvalue weighted by atomic mass is 10.2. The van der Waals surface area contributed by atoms with E-state index in [0.29, 0.717) is 5.76 Å². The van der Waals surface area contributed by atoms with Crippen LogP contribution in [-0.2, 0) is 32.6 Å². The molecule has 0 aliphatic heterocycles. The molecule has 1 heterocycles.